The summed E-state index contributed by atoms with van der Waals surface area (Å²) in [5, 5.41) is 9.45. The van der Waals surface area contributed by atoms with Crippen LogP contribution in [0.15, 0.2) is 24.3 Å². The minimum absolute atomic E-state index is 0.123. The summed E-state index contributed by atoms with van der Waals surface area (Å²) in [4.78, 5) is 0. The highest BCUT2D eigenvalue weighted by Crippen LogP contribution is 2.33. The average molecular weight is 252 g/mol. The molecule has 0 amide bonds. The van der Waals surface area contributed by atoms with Gasteiger partial charge in [0.1, 0.15) is 0 Å². The topological polar surface area (TPSA) is 47.9 Å². The number of aliphatic hydroxyl groups excluding tert-OH is 1. The van der Waals surface area contributed by atoms with Crippen molar-refractivity contribution in [2.24, 2.45) is 5.41 Å². The third kappa shape index (κ3) is 2.94. The molecule has 1 saturated heterocycles. The van der Waals surface area contributed by atoms with Gasteiger partial charge in [-0.3, -0.25) is 0 Å². The third-order valence-electron chi connectivity index (χ3n) is 3.48. The maximum atomic E-state index is 9.45. The van der Waals surface area contributed by atoms with Gasteiger partial charge in [0.25, 0.3) is 0 Å². The zero-order valence-electron chi connectivity index (χ0n) is 10.7. The largest absolute Gasteiger partial charge is 0.493 e. The summed E-state index contributed by atoms with van der Waals surface area (Å²) in [6.07, 6.45) is 1.69. The molecule has 4 nitrogen and oxygen atoms in total. The van der Waals surface area contributed by atoms with Crippen LogP contribution in [0.4, 0.5) is 0 Å². The van der Waals surface area contributed by atoms with Crippen molar-refractivity contribution < 1.29 is 19.3 Å². The van der Waals surface area contributed by atoms with E-state index < -0.39 is 0 Å². The highest BCUT2D eigenvalue weighted by Gasteiger charge is 2.34. The van der Waals surface area contributed by atoms with Crippen molar-refractivity contribution in [2.75, 3.05) is 33.5 Å². The molecule has 1 aliphatic heterocycles. The van der Waals surface area contributed by atoms with Gasteiger partial charge < -0.3 is 19.3 Å². The molecule has 0 aliphatic carbocycles. The number of hydrogen-bond acceptors (Lipinski definition) is 4. The lowest BCUT2D eigenvalue weighted by molar-refractivity contribution is 0.0730. The fourth-order valence-corrected chi connectivity index (χ4v) is 2.17. The maximum Gasteiger partial charge on any atom is 0.161 e. The minimum atomic E-state index is -0.123. The second kappa shape index (κ2) is 6.07. The first-order valence-electron chi connectivity index (χ1n) is 6.24. The average Bonchev–Trinajstić information content (AvgIpc) is 2.89. The molecule has 0 aromatic heterocycles. The molecular formula is C14H20O4. The van der Waals surface area contributed by atoms with Gasteiger partial charge in [0.15, 0.2) is 11.5 Å². The normalized spacial score (nSPS) is 23.0. The van der Waals surface area contributed by atoms with Crippen molar-refractivity contribution in [2.45, 2.75) is 12.8 Å². The highest BCUT2D eigenvalue weighted by molar-refractivity contribution is 5.39. The molecule has 1 atom stereocenters. The molecule has 0 bridgehead atoms. The number of aliphatic hydroxyl groups is 1. The summed E-state index contributed by atoms with van der Waals surface area (Å²) < 4.78 is 16.3. The van der Waals surface area contributed by atoms with Crippen LogP contribution in [-0.4, -0.2) is 38.6 Å². The molecule has 1 N–H and O–H groups in total. The van der Waals surface area contributed by atoms with Crippen molar-refractivity contribution in [3.8, 4) is 11.5 Å². The Kier molecular flexibility index (Phi) is 4.44. The van der Waals surface area contributed by atoms with Gasteiger partial charge in [-0.05, 0) is 25.0 Å². The first-order chi connectivity index (χ1) is 8.79. The van der Waals surface area contributed by atoms with Crippen molar-refractivity contribution in [3.05, 3.63) is 24.3 Å². The van der Waals surface area contributed by atoms with E-state index in [0.29, 0.717) is 13.2 Å². The van der Waals surface area contributed by atoms with Gasteiger partial charge >= 0.3 is 0 Å². The summed E-state index contributed by atoms with van der Waals surface area (Å²) in [6.45, 7) is 2.07. The standard InChI is InChI=1S/C14H20O4/c1-16-12-4-2-3-5-13(12)18-9-7-14(10-15)6-8-17-11-14/h2-5,15H,6-11H2,1H3. The smallest absolute Gasteiger partial charge is 0.161 e. The SMILES string of the molecule is COc1ccccc1OCCC1(CO)CCOC1. The number of hydrogen-bond donors (Lipinski definition) is 1. The summed E-state index contributed by atoms with van der Waals surface area (Å²) in [7, 11) is 1.63. The van der Waals surface area contributed by atoms with Crippen LogP contribution in [-0.2, 0) is 4.74 Å². The number of methoxy groups -OCH3 is 1. The first-order valence-corrected chi connectivity index (χ1v) is 6.24. The van der Waals surface area contributed by atoms with Crippen molar-refractivity contribution in [1.82, 2.24) is 0 Å². The van der Waals surface area contributed by atoms with Crippen molar-refractivity contribution >= 4 is 0 Å². The molecule has 1 unspecified atom stereocenters. The van der Waals surface area contributed by atoms with E-state index in [9.17, 15) is 5.11 Å². The first kappa shape index (κ1) is 13.2. The Labute approximate surface area is 107 Å². The Morgan fingerprint density at radius 2 is 2.11 bits per heavy atom. The van der Waals surface area contributed by atoms with Gasteiger partial charge in [-0.1, -0.05) is 12.1 Å². The van der Waals surface area contributed by atoms with E-state index in [2.05, 4.69) is 0 Å². The van der Waals surface area contributed by atoms with E-state index in [4.69, 9.17) is 14.2 Å². The van der Waals surface area contributed by atoms with E-state index >= 15 is 0 Å². The molecule has 0 radical (unpaired) electrons. The second-order valence-corrected chi connectivity index (χ2v) is 4.71. The molecule has 0 saturated carbocycles. The van der Waals surface area contributed by atoms with Crippen LogP contribution < -0.4 is 9.47 Å². The zero-order chi connectivity index (χ0) is 12.8. The van der Waals surface area contributed by atoms with E-state index in [1.54, 1.807) is 7.11 Å². The van der Waals surface area contributed by atoms with Crippen LogP contribution in [0, 0.1) is 5.41 Å². The molecule has 4 heteroatoms. The lowest BCUT2D eigenvalue weighted by atomic mass is 9.85. The predicted molar refractivity (Wildman–Crippen MR) is 68.1 cm³/mol. The Bertz CT molecular complexity index is 372. The van der Waals surface area contributed by atoms with Crippen molar-refractivity contribution in [3.63, 3.8) is 0 Å². The van der Waals surface area contributed by atoms with Crippen molar-refractivity contribution in [1.29, 1.82) is 0 Å². The van der Waals surface area contributed by atoms with Gasteiger partial charge in [0.2, 0.25) is 0 Å². The maximum absolute atomic E-state index is 9.45. The van der Waals surface area contributed by atoms with Crippen LogP contribution in [0.25, 0.3) is 0 Å². The van der Waals surface area contributed by atoms with Crippen LogP contribution in [0.3, 0.4) is 0 Å². The minimum Gasteiger partial charge on any atom is -0.493 e. The Hall–Kier alpha value is -1.26. The summed E-state index contributed by atoms with van der Waals surface area (Å²) >= 11 is 0. The van der Waals surface area contributed by atoms with E-state index in [0.717, 1.165) is 30.9 Å². The van der Waals surface area contributed by atoms with Crippen LogP contribution >= 0.6 is 0 Å². The van der Waals surface area contributed by atoms with Gasteiger partial charge in [-0.25, -0.2) is 0 Å². The highest BCUT2D eigenvalue weighted by atomic mass is 16.5. The van der Waals surface area contributed by atoms with Crippen LogP contribution in [0.5, 0.6) is 11.5 Å². The van der Waals surface area contributed by atoms with E-state index in [1.807, 2.05) is 24.3 Å². The number of ether oxygens (including phenoxy) is 3. The Morgan fingerprint density at radius 3 is 2.72 bits per heavy atom. The van der Waals surface area contributed by atoms with Crippen LogP contribution in [0.2, 0.25) is 0 Å². The number of benzene rings is 1. The molecule has 1 aromatic rings. The number of rotatable bonds is 6. The van der Waals surface area contributed by atoms with Gasteiger partial charge in [0, 0.05) is 12.0 Å². The number of para-hydroxylation sites is 2. The van der Waals surface area contributed by atoms with E-state index in [1.165, 1.54) is 0 Å². The molecule has 18 heavy (non-hydrogen) atoms. The third-order valence-corrected chi connectivity index (χ3v) is 3.48. The lowest BCUT2D eigenvalue weighted by Gasteiger charge is -2.24. The lowest BCUT2D eigenvalue weighted by Crippen LogP contribution is -2.28. The van der Waals surface area contributed by atoms with Gasteiger partial charge in [0.05, 0.1) is 26.9 Å². The van der Waals surface area contributed by atoms with Gasteiger partial charge in [-0.2, -0.15) is 0 Å². The molecule has 1 fully saturated rings. The molecule has 1 heterocycles. The summed E-state index contributed by atoms with van der Waals surface area (Å²) in [5.74, 6) is 1.48. The van der Waals surface area contributed by atoms with Crippen LogP contribution in [0.1, 0.15) is 12.8 Å². The fourth-order valence-electron chi connectivity index (χ4n) is 2.17. The predicted octanol–water partition coefficient (Wildman–Crippen LogP) is 1.86. The molecule has 0 spiro atoms. The molecule has 2 rings (SSSR count). The fraction of sp³-hybridized carbons (Fsp3) is 0.571. The zero-order valence-corrected chi connectivity index (χ0v) is 10.7. The van der Waals surface area contributed by atoms with E-state index in [-0.39, 0.29) is 12.0 Å². The Morgan fingerprint density at radius 1 is 1.33 bits per heavy atom. The Balaban J connectivity index is 1.88. The second-order valence-electron chi connectivity index (χ2n) is 4.71. The molecule has 1 aromatic carbocycles. The monoisotopic (exact) mass is 252 g/mol. The molecular weight excluding hydrogens is 232 g/mol. The molecule has 1 aliphatic rings. The quantitative estimate of drug-likeness (QED) is 0.839. The summed E-state index contributed by atoms with van der Waals surface area (Å²) in [5.41, 5.74) is -0.123. The summed E-state index contributed by atoms with van der Waals surface area (Å²) in [6, 6.07) is 7.58. The van der Waals surface area contributed by atoms with Gasteiger partial charge in [-0.15, -0.1) is 0 Å². The molecule has 100 valence electrons.